The summed E-state index contributed by atoms with van der Waals surface area (Å²) in [5.74, 6) is -0.199. The highest BCUT2D eigenvalue weighted by atomic mass is 19.4. The molecule has 1 aromatic rings. The average Bonchev–Trinajstić information content (AvgIpc) is 2.43. The normalized spacial score (nSPS) is 13.0. The molecule has 0 saturated carbocycles. The topological polar surface area (TPSA) is 41.1 Å². The molecule has 0 spiro atoms. The van der Waals surface area contributed by atoms with E-state index >= 15 is 0 Å². The van der Waals surface area contributed by atoms with Crippen LogP contribution in [0.2, 0.25) is 0 Å². The fourth-order valence-corrected chi connectivity index (χ4v) is 1.96. The van der Waals surface area contributed by atoms with E-state index in [0.717, 1.165) is 30.7 Å². The number of hydrogen-bond donors (Lipinski definition) is 2. The molecule has 0 aliphatic rings. The minimum Gasteiger partial charge on any atom is -0.356 e. The highest BCUT2D eigenvalue weighted by Crippen LogP contribution is 2.30. The van der Waals surface area contributed by atoms with Gasteiger partial charge in [0, 0.05) is 13.0 Å². The van der Waals surface area contributed by atoms with Gasteiger partial charge in [0.2, 0.25) is 5.91 Å². The maximum Gasteiger partial charge on any atom is 0.416 e. The van der Waals surface area contributed by atoms with Gasteiger partial charge in [-0.2, -0.15) is 13.2 Å². The van der Waals surface area contributed by atoms with Crippen molar-refractivity contribution in [1.29, 1.82) is 0 Å². The summed E-state index contributed by atoms with van der Waals surface area (Å²) in [7, 11) is 1.84. The molecule has 6 heteroatoms. The molecule has 0 bridgehead atoms. The Hall–Kier alpha value is -1.56. The van der Waals surface area contributed by atoms with Crippen molar-refractivity contribution >= 4 is 5.91 Å². The highest BCUT2D eigenvalue weighted by molar-refractivity contribution is 5.76. The van der Waals surface area contributed by atoms with Crippen LogP contribution in [0.3, 0.4) is 0 Å². The minimum atomic E-state index is -4.33. The molecular weight excluding hydrogens is 281 g/mol. The Morgan fingerprint density at radius 1 is 1.19 bits per heavy atom. The van der Waals surface area contributed by atoms with Crippen molar-refractivity contribution < 1.29 is 18.0 Å². The summed E-state index contributed by atoms with van der Waals surface area (Å²) in [5, 5.41) is 5.78. The fourth-order valence-electron chi connectivity index (χ4n) is 1.96. The Balaban J connectivity index is 2.48. The van der Waals surface area contributed by atoms with E-state index in [9.17, 15) is 18.0 Å². The van der Waals surface area contributed by atoms with Gasteiger partial charge < -0.3 is 10.6 Å². The molecule has 1 atom stereocenters. The van der Waals surface area contributed by atoms with E-state index in [-0.39, 0.29) is 18.2 Å². The van der Waals surface area contributed by atoms with E-state index in [1.807, 2.05) is 14.0 Å². The molecule has 118 valence electrons. The summed E-state index contributed by atoms with van der Waals surface area (Å²) >= 11 is 0. The Bertz CT molecular complexity index is 443. The minimum absolute atomic E-state index is 0.0847. The number of amides is 1. The van der Waals surface area contributed by atoms with Crippen molar-refractivity contribution in [3.05, 3.63) is 35.4 Å². The number of carbonyl (C=O) groups is 1. The molecule has 3 nitrogen and oxygen atoms in total. The zero-order valence-electron chi connectivity index (χ0n) is 12.3. The Morgan fingerprint density at radius 2 is 1.81 bits per heavy atom. The largest absolute Gasteiger partial charge is 0.416 e. The number of benzene rings is 1. The Labute approximate surface area is 122 Å². The molecule has 0 heterocycles. The Morgan fingerprint density at radius 3 is 2.33 bits per heavy atom. The highest BCUT2D eigenvalue weighted by Gasteiger charge is 2.30. The fraction of sp³-hybridized carbons (Fsp3) is 0.533. The summed E-state index contributed by atoms with van der Waals surface area (Å²) in [5.41, 5.74) is 0.0587. The first-order chi connectivity index (χ1) is 9.84. The first-order valence-electron chi connectivity index (χ1n) is 6.93. The molecule has 0 aromatic heterocycles. The van der Waals surface area contributed by atoms with Gasteiger partial charge in [0.05, 0.1) is 5.56 Å². The van der Waals surface area contributed by atoms with Crippen LogP contribution in [0.4, 0.5) is 13.2 Å². The molecule has 2 N–H and O–H groups in total. The SMILES string of the molecule is CNCCCNC(=O)CC(C)c1ccc(C(F)(F)F)cc1. The van der Waals surface area contributed by atoms with Crippen molar-refractivity contribution in [2.75, 3.05) is 20.1 Å². The number of carbonyl (C=O) groups excluding carboxylic acids is 1. The molecular formula is C15H21F3N2O. The van der Waals surface area contributed by atoms with Gasteiger partial charge in [-0.1, -0.05) is 19.1 Å². The van der Waals surface area contributed by atoms with Crippen LogP contribution < -0.4 is 10.6 Å². The first kappa shape index (κ1) is 17.5. The van der Waals surface area contributed by atoms with Crippen LogP contribution >= 0.6 is 0 Å². The number of halogens is 3. The zero-order valence-corrected chi connectivity index (χ0v) is 12.3. The maximum atomic E-state index is 12.5. The van der Waals surface area contributed by atoms with Gasteiger partial charge >= 0.3 is 6.18 Å². The molecule has 0 radical (unpaired) electrons. The van der Waals surface area contributed by atoms with Crippen LogP contribution in [0.5, 0.6) is 0 Å². The molecule has 0 aliphatic carbocycles. The molecule has 21 heavy (non-hydrogen) atoms. The Kier molecular flexibility index (Phi) is 6.68. The van der Waals surface area contributed by atoms with E-state index in [1.165, 1.54) is 12.1 Å². The number of hydrogen-bond acceptors (Lipinski definition) is 2. The van der Waals surface area contributed by atoms with Gasteiger partial charge in [-0.15, -0.1) is 0 Å². The number of nitrogens with one attached hydrogen (secondary N) is 2. The van der Waals surface area contributed by atoms with Gasteiger partial charge in [0.25, 0.3) is 0 Å². The van der Waals surface area contributed by atoms with Crippen LogP contribution in [-0.4, -0.2) is 26.0 Å². The number of alkyl halides is 3. The van der Waals surface area contributed by atoms with Crippen LogP contribution in [0.1, 0.15) is 36.8 Å². The van der Waals surface area contributed by atoms with Crippen molar-refractivity contribution in [2.24, 2.45) is 0 Å². The lowest BCUT2D eigenvalue weighted by Crippen LogP contribution is -2.27. The number of rotatable bonds is 7. The third kappa shape index (κ3) is 6.16. The quantitative estimate of drug-likeness (QED) is 0.760. The lowest BCUT2D eigenvalue weighted by atomic mass is 9.96. The second kappa shape index (κ2) is 8.02. The smallest absolute Gasteiger partial charge is 0.356 e. The molecule has 1 aromatic carbocycles. The van der Waals surface area contributed by atoms with Gasteiger partial charge in [0.15, 0.2) is 0 Å². The van der Waals surface area contributed by atoms with Gasteiger partial charge in [0.1, 0.15) is 0 Å². The standard InChI is InChI=1S/C15H21F3N2O/c1-11(10-14(21)20-9-3-8-19-2)12-4-6-13(7-5-12)15(16,17)18/h4-7,11,19H,3,8-10H2,1-2H3,(H,20,21). The van der Waals surface area contributed by atoms with E-state index in [1.54, 1.807) is 0 Å². The van der Waals surface area contributed by atoms with Crippen LogP contribution in [0.15, 0.2) is 24.3 Å². The lowest BCUT2D eigenvalue weighted by Gasteiger charge is -2.13. The second-order valence-corrected chi connectivity index (χ2v) is 5.03. The first-order valence-corrected chi connectivity index (χ1v) is 6.93. The van der Waals surface area contributed by atoms with Crippen LogP contribution in [-0.2, 0) is 11.0 Å². The molecule has 1 unspecified atom stereocenters. The van der Waals surface area contributed by atoms with E-state index in [4.69, 9.17) is 0 Å². The van der Waals surface area contributed by atoms with Crippen molar-refractivity contribution in [1.82, 2.24) is 10.6 Å². The molecule has 0 saturated heterocycles. The van der Waals surface area contributed by atoms with Crippen molar-refractivity contribution in [3.63, 3.8) is 0 Å². The summed E-state index contributed by atoms with van der Waals surface area (Å²) in [6, 6.07) is 4.97. The predicted molar refractivity (Wildman–Crippen MR) is 76.0 cm³/mol. The van der Waals surface area contributed by atoms with Crippen molar-refractivity contribution in [2.45, 2.75) is 31.9 Å². The average molecular weight is 302 g/mol. The van der Waals surface area contributed by atoms with E-state index in [2.05, 4.69) is 10.6 Å². The van der Waals surface area contributed by atoms with Crippen LogP contribution in [0, 0.1) is 0 Å². The predicted octanol–water partition coefficient (Wildman–Crippen LogP) is 2.92. The molecule has 0 fully saturated rings. The second-order valence-electron chi connectivity index (χ2n) is 5.03. The summed E-state index contributed by atoms with van der Waals surface area (Å²) in [6.07, 6.45) is -3.21. The maximum absolute atomic E-state index is 12.5. The molecule has 0 aliphatic heterocycles. The lowest BCUT2D eigenvalue weighted by molar-refractivity contribution is -0.137. The van der Waals surface area contributed by atoms with Gasteiger partial charge in [-0.3, -0.25) is 4.79 Å². The molecule has 1 amide bonds. The summed E-state index contributed by atoms with van der Waals surface area (Å²) in [4.78, 5) is 11.7. The van der Waals surface area contributed by atoms with Gasteiger partial charge in [-0.25, -0.2) is 0 Å². The summed E-state index contributed by atoms with van der Waals surface area (Å²) in [6.45, 7) is 3.25. The summed E-state index contributed by atoms with van der Waals surface area (Å²) < 4.78 is 37.4. The third-order valence-electron chi connectivity index (χ3n) is 3.22. The zero-order chi connectivity index (χ0) is 15.9. The van der Waals surface area contributed by atoms with Gasteiger partial charge in [-0.05, 0) is 43.6 Å². The monoisotopic (exact) mass is 302 g/mol. The van der Waals surface area contributed by atoms with Crippen LogP contribution in [0.25, 0.3) is 0 Å². The van der Waals surface area contributed by atoms with E-state index in [0.29, 0.717) is 6.54 Å². The van der Waals surface area contributed by atoms with Crippen molar-refractivity contribution in [3.8, 4) is 0 Å². The third-order valence-corrected chi connectivity index (χ3v) is 3.22. The molecule has 1 rings (SSSR count). The van der Waals surface area contributed by atoms with E-state index < -0.39 is 11.7 Å².